The van der Waals surface area contributed by atoms with Crippen LogP contribution in [-0.2, 0) is 77.6 Å². The number of hydrogen-bond acceptors (Lipinski definition) is 25. The maximum atomic E-state index is 8.89. The zero-order valence-corrected chi connectivity index (χ0v) is 44.3. The van der Waals surface area contributed by atoms with Crippen molar-refractivity contribution >= 4 is 5.97 Å². The van der Waals surface area contributed by atoms with Crippen LogP contribution in [0, 0.1) is 30.7 Å². The molecular formula is C41H69Cl3Co2N8O17. The number of nitrogens with zero attached hydrogens (tertiary/aromatic N) is 2. The van der Waals surface area contributed by atoms with Crippen molar-refractivity contribution in [1.29, 1.82) is 0 Å². The van der Waals surface area contributed by atoms with Crippen molar-refractivity contribution in [3.8, 4) is 0 Å². The Morgan fingerprint density at radius 1 is 0.394 bits per heavy atom. The largest absolute Gasteiger partial charge is 2.00 e. The summed E-state index contributed by atoms with van der Waals surface area (Å²) < 4.78 is 102. The summed E-state index contributed by atoms with van der Waals surface area (Å²) in [6.45, 7) is 18.4. The summed E-state index contributed by atoms with van der Waals surface area (Å²) in [5.74, 6) is -1.08. The number of aliphatic hydroxyl groups excluding tert-OH is 3. The van der Waals surface area contributed by atoms with Crippen molar-refractivity contribution in [1.82, 2.24) is 41.7 Å². The van der Waals surface area contributed by atoms with Gasteiger partial charge >= 0.3 is 33.6 Å². The Hall–Kier alpha value is -1.91. The fourth-order valence-corrected chi connectivity index (χ4v) is 6.04. The van der Waals surface area contributed by atoms with Gasteiger partial charge in [-0.25, -0.2) is 55.9 Å². The van der Waals surface area contributed by atoms with E-state index in [-0.39, 0.29) is 33.6 Å². The number of carbonyl (C=O) groups excluding carboxylic acids is 1. The number of aliphatic hydroxyl groups is 3. The zero-order chi connectivity index (χ0) is 53.2. The molecule has 3 aliphatic heterocycles. The number of fused-ring (bicyclic) bond motifs is 18. The van der Waals surface area contributed by atoms with Crippen LogP contribution in [0.3, 0.4) is 0 Å². The smallest absolute Gasteiger partial charge is 0.550 e. The van der Waals surface area contributed by atoms with E-state index in [9.17, 15) is 0 Å². The molecule has 30 heteroatoms. The predicted molar refractivity (Wildman–Crippen MR) is 218 cm³/mol. The van der Waals surface area contributed by atoms with E-state index in [1.54, 1.807) is 0 Å². The van der Waals surface area contributed by atoms with E-state index < -0.39 is 36.7 Å². The van der Waals surface area contributed by atoms with Gasteiger partial charge in [-0.15, -0.1) is 30.7 Å². The molecule has 0 unspecified atom stereocenters. The van der Waals surface area contributed by atoms with Crippen LogP contribution < -0.4 is 92.9 Å². The molecule has 414 valence electrons. The molecule has 8 bridgehead atoms. The van der Waals surface area contributed by atoms with Gasteiger partial charge in [0.05, 0.1) is 0 Å². The van der Waals surface area contributed by atoms with Gasteiger partial charge in [0.15, 0.2) is 0 Å². The van der Waals surface area contributed by atoms with Crippen molar-refractivity contribution in [2.45, 2.75) is 46.2 Å². The molecule has 25 nitrogen and oxygen atoms in total. The first-order valence-electron chi connectivity index (χ1n) is 20.8. The molecular weight excluding hydrogens is 1100 g/mol. The van der Waals surface area contributed by atoms with Crippen molar-refractivity contribution in [3.05, 3.63) is 106 Å². The fraction of sp³-hybridized carbons (Fsp3) is 0.537. The molecule has 0 saturated carbocycles. The Kier molecular flexibility index (Phi) is 53.8. The molecule has 0 saturated heterocycles. The van der Waals surface area contributed by atoms with Crippen molar-refractivity contribution in [2.75, 3.05) is 99.9 Å². The number of carbonyl (C=O) groups is 1. The zero-order valence-electron chi connectivity index (χ0n) is 39.9. The van der Waals surface area contributed by atoms with Gasteiger partial charge in [-0.1, -0.05) is 72.8 Å². The van der Waals surface area contributed by atoms with Gasteiger partial charge in [0.25, 0.3) is 0 Å². The van der Waals surface area contributed by atoms with Gasteiger partial charge < -0.3 is 57.1 Å². The SMILES string of the molecule is CC(=O)[O-].CO.CO.CO.[Co+2].[Co+2].[O-][Cl+3]([O-])([O-])[O-].[O-][Cl+3]([O-])([O-])[O-].[O-][Cl+3]([O-])([O-])[O-].c1cc2cc(c1)CNCCN1CCNCc3cccc(c3)CNCCN(CCNC2)CCNCc2cccc(c2)CNCC1. The Labute approximate surface area is 443 Å². The fourth-order valence-electron chi connectivity index (χ4n) is 6.04. The average Bonchev–Trinajstić information content (AvgIpc) is 3.26. The van der Waals surface area contributed by atoms with Crippen LogP contribution in [0.2, 0.25) is 0 Å². The van der Waals surface area contributed by atoms with E-state index >= 15 is 0 Å². The summed E-state index contributed by atoms with van der Waals surface area (Å²) in [4.78, 5) is 14.0. The third-order valence-corrected chi connectivity index (χ3v) is 8.58. The number of hydrogen-bond donors (Lipinski definition) is 9. The van der Waals surface area contributed by atoms with Crippen LogP contribution >= 0.6 is 0 Å². The molecule has 2 radical (unpaired) electrons. The van der Waals surface area contributed by atoms with Crippen molar-refractivity contribution in [2.24, 2.45) is 0 Å². The molecule has 0 aliphatic carbocycles. The molecule has 0 spiro atoms. The number of aliphatic carboxylic acids is 1. The molecule has 0 atom stereocenters. The second-order valence-electron chi connectivity index (χ2n) is 13.8. The van der Waals surface area contributed by atoms with Crippen LogP contribution in [0.1, 0.15) is 40.3 Å². The standard InChI is InChI=1S/C36H54N8.C2H4O2.3CH4O.3ClHO4.2Co/c1-4-31-22-32(5-1)26-38-11-17-44-19-13-40-28-34-7-2-6-33(23-34)27-39-12-18-43(16-10-37-25-31)20-14-41-29-35-8-3-9-36(24-35)30-42-15-21-44;1-2(3)4;3*1-2;3*2-1(3,4)5;;/h1-9,22-24,37-42H,10-21,25-30H2;1H3,(H,3,4);3*2H,1H3;3*(H,2,3,4,5);;/q;;;;;;;;2*+2/p-4. The molecule has 3 aromatic carbocycles. The second-order valence-corrected chi connectivity index (χ2v) is 16.1. The number of halogens is 3. The maximum Gasteiger partial charge on any atom is 2.00 e. The number of rotatable bonds is 0. The number of nitrogens with one attached hydrogen (secondary N) is 6. The molecule has 3 aromatic rings. The maximum absolute atomic E-state index is 8.89. The Balaban J connectivity index is -0.000000451. The summed E-state index contributed by atoms with van der Waals surface area (Å²) in [6.07, 6.45) is 0. The summed E-state index contributed by atoms with van der Waals surface area (Å²) in [5.41, 5.74) is 8.12. The van der Waals surface area contributed by atoms with Crippen LogP contribution in [0.5, 0.6) is 0 Å². The van der Waals surface area contributed by atoms with Crippen LogP contribution in [0.15, 0.2) is 72.8 Å². The second kappa shape index (κ2) is 49.0. The summed E-state index contributed by atoms with van der Waals surface area (Å²) >= 11 is 0. The van der Waals surface area contributed by atoms with Crippen LogP contribution in [0.4, 0.5) is 0 Å². The normalized spacial score (nSPS) is 17.2. The minimum Gasteiger partial charge on any atom is -0.550 e. The number of benzene rings is 3. The number of carboxylic acids is 1. The van der Waals surface area contributed by atoms with E-state index in [4.69, 9.17) is 81.1 Å². The Morgan fingerprint density at radius 2 is 0.521 bits per heavy atom. The van der Waals surface area contributed by atoms with E-state index in [1.165, 1.54) is 33.4 Å². The summed E-state index contributed by atoms with van der Waals surface area (Å²) in [7, 11) is -11.8. The third-order valence-electron chi connectivity index (χ3n) is 8.58. The molecule has 3 aliphatic rings. The van der Waals surface area contributed by atoms with Gasteiger partial charge in [-0.2, -0.15) is 0 Å². The molecule has 71 heavy (non-hydrogen) atoms. The minimum atomic E-state index is -4.94. The van der Waals surface area contributed by atoms with Gasteiger partial charge in [0.2, 0.25) is 0 Å². The van der Waals surface area contributed by atoms with E-state index in [2.05, 4.69) is 114 Å². The minimum absolute atomic E-state index is 0. The first kappa shape index (κ1) is 78.0. The first-order valence-corrected chi connectivity index (χ1v) is 24.5. The molecule has 3 heterocycles. The average molecular weight is 1170 g/mol. The Bertz CT molecular complexity index is 1400. The quantitative estimate of drug-likeness (QED) is 0.101. The van der Waals surface area contributed by atoms with E-state index in [0.29, 0.717) is 0 Å². The number of carboxylic acid groups (broad SMARTS) is 1. The summed E-state index contributed by atoms with van der Waals surface area (Å²) in [5, 5.41) is 52.1. The van der Waals surface area contributed by atoms with Crippen LogP contribution in [-0.4, -0.2) is 131 Å². The van der Waals surface area contributed by atoms with E-state index in [0.717, 1.165) is 146 Å². The third kappa shape index (κ3) is 60.5. The molecule has 6 rings (SSSR count). The molecule has 0 fully saturated rings. The Morgan fingerprint density at radius 3 is 0.648 bits per heavy atom. The van der Waals surface area contributed by atoms with Gasteiger partial charge in [0, 0.05) is 145 Å². The predicted octanol–water partition coefficient (Wildman–Crippen LogP) is -14.4. The molecule has 0 aromatic heterocycles. The van der Waals surface area contributed by atoms with Gasteiger partial charge in [-0.05, 0) is 40.3 Å². The summed E-state index contributed by atoms with van der Waals surface area (Å²) in [6, 6.07) is 27.0. The van der Waals surface area contributed by atoms with Gasteiger partial charge in [-0.3, -0.25) is 9.80 Å². The monoisotopic (exact) mass is 1170 g/mol. The van der Waals surface area contributed by atoms with Crippen LogP contribution in [0.25, 0.3) is 0 Å². The topological polar surface area (TPSA) is 456 Å². The van der Waals surface area contributed by atoms with Gasteiger partial charge in [0.1, 0.15) is 0 Å². The molecule has 0 amide bonds. The first-order chi connectivity index (χ1) is 32.5. The van der Waals surface area contributed by atoms with Crippen molar-refractivity contribution in [3.63, 3.8) is 0 Å². The van der Waals surface area contributed by atoms with E-state index in [1.807, 2.05) is 0 Å². The van der Waals surface area contributed by atoms with Crippen molar-refractivity contribution < 1.29 is 145 Å². The molecule has 9 N–H and O–H groups in total.